The van der Waals surface area contributed by atoms with Crippen LogP contribution in [0.15, 0.2) is 48.1 Å². The van der Waals surface area contributed by atoms with Crippen LogP contribution in [-0.2, 0) is 4.79 Å². The van der Waals surface area contributed by atoms with Gasteiger partial charge in [0.2, 0.25) is 0 Å². The van der Waals surface area contributed by atoms with Crippen molar-refractivity contribution >= 4 is 5.97 Å². The van der Waals surface area contributed by atoms with E-state index in [4.69, 9.17) is 5.11 Å². The lowest BCUT2D eigenvalue weighted by molar-refractivity contribution is -0.132. The van der Waals surface area contributed by atoms with Crippen molar-refractivity contribution in [3.63, 3.8) is 0 Å². The second kappa shape index (κ2) is 3.72. The number of aliphatic carboxylic acids is 1. The van der Waals surface area contributed by atoms with E-state index >= 15 is 0 Å². The first kappa shape index (κ1) is 8.53. The quantitative estimate of drug-likeness (QED) is 0.674. The molecule has 1 aliphatic rings. The minimum absolute atomic E-state index is 0.312. The Hall–Kier alpha value is -1.57. The first-order valence-electron chi connectivity index (χ1n) is 3.67. The molecule has 0 bridgehead atoms. The molecule has 2 heteroatoms. The van der Waals surface area contributed by atoms with Crippen LogP contribution in [-0.4, -0.2) is 11.1 Å². The highest BCUT2D eigenvalue weighted by atomic mass is 16.4. The standard InChI is InChI=1S/C10H10O2/c1-2-8-4-3-5-9(7-6-8)10(11)12/h2-3,5-7H,1,4H2,(H,11,12). The van der Waals surface area contributed by atoms with E-state index in [9.17, 15) is 4.79 Å². The van der Waals surface area contributed by atoms with Crippen molar-refractivity contribution in [2.75, 3.05) is 0 Å². The lowest BCUT2D eigenvalue weighted by Gasteiger charge is -1.89. The van der Waals surface area contributed by atoms with E-state index in [-0.39, 0.29) is 0 Å². The summed E-state index contributed by atoms with van der Waals surface area (Å²) in [6, 6.07) is 0. The fourth-order valence-corrected chi connectivity index (χ4v) is 0.936. The molecule has 0 unspecified atom stereocenters. The van der Waals surface area contributed by atoms with Gasteiger partial charge in [-0.2, -0.15) is 0 Å². The van der Waals surface area contributed by atoms with E-state index in [1.54, 1.807) is 24.3 Å². The van der Waals surface area contributed by atoms with Crippen molar-refractivity contribution in [3.8, 4) is 0 Å². The minimum atomic E-state index is -0.896. The maximum Gasteiger partial charge on any atom is 0.335 e. The average molecular weight is 162 g/mol. The van der Waals surface area contributed by atoms with Gasteiger partial charge in [-0.1, -0.05) is 30.9 Å². The number of rotatable bonds is 2. The lowest BCUT2D eigenvalue weighted by Crippen LogP contribution is -1.95. The number of carbonyl (C=O) groups is 1. The molecule has 1 aliphatic carbocycles. The third-order valence-electron chi connectivity index (χ3n) is 1.64. The summed E-state index contributed by atoms with van der Waals surface area (Å²) in [4.78, 5) is 10.5. The van der Waals surface area contributed by atoms with Crippen molar-refractivity contribution in [2.24, 2.45) is 0 Å². The fraction of sp³-hybridized carbons (Fsp3) is 0.100. The van der Waals surface area contributed by atoms with Crippen LogP contribution in [0.25, 0.3) is 0 Å². The van der Waals surface area contributed by atoms with Gasteiger partial charge in [0.25, 0.3) is 0 Å². The van der Waals surface area contributed by atoms with E-state index in [0.717, 1.165) is 12.0 Å². The zero-order valence-corrected chi connectivity index (χ0v) is 6.66. The molecule has 0 saturated heterocycles. The topological polar surface area (TPSA) is 37.3 Å². The van der Waals surface area contributed by atoms with Gasteiger partial charge in [0, 0.05) is 0 Å². The smallest absolute Gasteiger partial charge is 0.335 e. The molecule has 0 heterocycles. The molecule has 12 heavy (non-hydrogen) atoms. The summed E-state index contributed by atoms with van der Waals surface area (Å²) in [5.41, 5.74) is 1.34. The van der Waals surface area contributed by atoms with Gasteiger partial charge in [-0.3, -0.25) is 0 Å². The predicted molar refractivity (Wildman–Crippen MR) is 47.8 cm³/mol. The fourth-order valence-electron chi connectivity index (χ4n) is 0.936. The molecular weight excluding hydrogens is 152 g/mol. The van der Waals surface area contributed by atoms with Crippen molar-refractivity contribution < 1.29 is 9.90 Å². The third-order valence-corrected chi connectivity index (χ3v) is 1.64. The van der Waals surface area contributed by atoms with E-state index < -0.39 is 5.97 Å². The molecule has 0 aromatic heterocycles. The van der Waals surface area contributed by atoms with Crippen LogP contribution in [0.1, 0.15) is 6.42 Å². The molecule has 62 valence electrons. The van der Waals surface area contributed by atoms with Crippen LogP contribution in [0.2, 0.25) is 0 Å². The van der Waals surface area contributed by atoms with E-state index in [1.165, 1.54) is 0 Å². The highest BCUT2D eigenvalue weighted by Crippen LogP contribution is 2.11. The highest BCUT2D eigenvalue weighted by Gasteiger charge is 2.03. The maximum atomic E-state index is 10.5. The Morgan fingerprint density at radius 3 is 2.92 bits per heavy atom. The van der Waals surface area contributed by atoms with Crippen molar-refractivity contribution in [1.82, 2.24) is 0 Å². The minimum Gasteiger partial charge on any atom is -0.478 e. The van der Waals surface area contributed by atoms with Crippen molar-refractivity contribution in [2.45, 2.75) is 6.42 Å². The van der Waals surface area contributed by atoms with Crippen LogP contribution in [0.5, 0.6) is 0 Å². The molecule has 0 saturated carbocycles. The highest BCUT2D eigenvalue weighted by molar-refractivity contribution is 5.90. The normalized spacial score (nSPS) is 16.0. The third kappa shape index (κ3) is 1.95. The predicted octanol–water partition coefficient (Wildman–Crippen LogP) is 2.07. The first-order valence-corrected chi connectivity index (χ1v) is 3.67. The van der Waals surface area contributed by atoms with E-state index in [0.29, 0.717) is 5.57 Å². The van der Waals surface area contributed by atoms with Crippen molar-refractivity contribution in [3.05, 3.63) is 48.1 Å². The SMILES string of the molecule is C=CC1=CC=C(C(=O)O)C=CC1. The zero-order chi connectivity index (χ0) is 8.97. The van der Waals surface area contributed by atoms with E-state index in [1.807, 2.05) is 6.08 Å². The first-order chi connectivity index (χ1) is 5.74. The molecule has 1 N–H and O–H groups in total. The summed E-state index contributed by atoms with van der Waals surface area (Å²) in [6.45, 7) is 3.62. The van der Waals surface area contributed by atoms with Crippen LogP contribution < -0.4 is 0 Å². The molecule has 0 radical (unpaired) electrons. The Morgan fingerprint density at radius 2 is 2.33 bits per heavy atom. The Labute approximate surface area is 71.2 Å². The van der Waals surface area contributed by atoms with Gasteiger partial charge in [-0.05, 0) is 18.1 Å². The average Bonchev–Trinajstić information content (AvgIpc) is 2.28. The molecule has 0 aromatic carbocycles. The number of carboxylic acids is 1. The summed E-state index contributed by atoms with van der Waals surface area (Å²) in [6.07, 6.45) is 9.26. The molecule has 1 rings (SSSR count). The molecule has 0 aliphatic heterocycles. The van der Waals surface area contributed by atoms with Crippen LogP contribution in [0.4, 0.5) is 0 Å². The molecule has 0 aromatic rings. The van der Waals surface area contributed by atoms with Gasteiger partial charge in [0.15, 0.2) is 0 Å². The maximum absolute atomic E-state index is 10.5. The molecular formula is C10H10O2. The molecule has 0 spiro atoms. The van der Waals surface area contributed by atoms with E-state index in [2.05, 4.69) is 6.58 Å². The van der Waals surface area contributed by atoms with Crippen LogP contribution >= 0.6 is 0 Å². The number of allylic oxidation sites excluding steroid dienone is 5. The summed E-state index contributed by atoms with van der Waals surface area (Å²) >= 11 is 0. The Kier molecular flexibility index (Phi) is 2.64. The van der Waals surface area contributed by atoms with Gasteiger partial charge in [-0.25, -0.2) is 4.79 Å². The van der Waals surface area contributed by atoms with Gasteiger partial charge in [0.05, 0.1) is 5.57 Å². The Bertz CT molecular complexity index is 293. The van der Waals surface area contributed by atoms with Gasteiger partial charge >= 0.3 is 5.97 Å². The van der Waals surface area contributed by atoms with Gasteiger partial charge < -0.3 is 5.11 Å². The molecule has 0 fully saturated rings. The number of carboxylic acid groups (broad SMARTS) is 1. The van der Waals surface area contributed by atoms with Crippen LogP contribution in [0.3, 0.4) is 0 Å². The summed E-state index contributed by atoms with van der Waals surface area (Å²) < 4.78 is 0. The summed E-state index contributed by atoms with van der Waals surface area (Å²) in [5, 5.41) is 8.65. The monoisotopic (exact) mass is 162 g/mol. The molecule has 0 amide bonds. The summed E-state index contributed by atoms with van der Waals surface area (Å²) in [7, 11) is 0. The number of hydrogen-bond donors (Lipinski definition) is 1. The largest absolute Gasteiger partial charge is 0.478 e. The second-order valence-corrected chi connectivity index (χ2v) is 2.48. The molecule has 0 atom stereocenters. The van der Waals surface area contributed by atoms with Gasteiger partial charge in [0.1, 0.15) is 0 Å². The van der Waals surface area contributed by atoms with Crippen LogP contribution in [0, 0.1) is 0 Å². The lowest BCUT2D eigenvalue weighted by atomic mass is 10.2. The Morgan fingerprint density at radius 1 is 1.58 bits per heavy atom. The Balaban J connectivity index is 2.92. The zero-order valence-electron chi connectivity index (χ0n) is 6.66. The second-order valence-electron chi connectivity index (χ2n) is 2.48. The van der Waals surface area contributed by atoms with Gasteiger partial charge in [-0.15, -0.1) is 0 Å². The number of hydrogen-bond acceptors (Lipinski definition) is 1. The summed E-state index contributed by atoms with van der Waals surface area (Å²) in [5.74, 6) is -0.896. The molecule has 2 nitrogen and oxygen atoms in total. The van der Waals surface area contributed by atoms with Crippen molar-refractivity contribution in [1.29, 1.82) is 0 Å².